The Balaban J connectivity index is 1.34. The summed E-state index contributed by atoms with van der Waals surface area (Å²) in [6, 6.07) is 30.4. The molecule has 7 nitrogen and oxygen atoms in total. The monoisotopic (exact) mass is 531 g/mol. The summed E-state index contributed by atoms with van der Waals surface area (Å²) < 4.78 is 16.6. The number of nitrogens with one attached hydrogen (secondary N) is 1. The number of hydrogen-bond donors (Lipinski definition) is 1. The smallest absolute Gasteiger partial charge is 0.272 e. The highest BCUT2D eigenvalue weighted by Gasteiger charge is 2.14. The number of nitrogens with zero attached hydrogens (tertiary/aromatic N) is 2. The molecule has 0 saturated carbocycles. The number of fused-ring (bicyclic) bond motifs is 1. The average molecular weight is 532 g/mol. The highest BCUT2D eigenvalue weighted by atomic mass is 16.5. The average Bonchev–Trinajstić information content (AvgIpc) is 3.00. The molecule has 40 heavy (non-hydrogen) atoms. The molecule has 0 aliphatic heterocycles. The van der Waals surface area contributed by atoms with Gasteiger partial charge in [-0.2, -0.15) is 5.10 Å². The first-order valence-electron chi connectivity index (χ1n) is 12.8. The Hall–Kier alpha value is -5.17. The van der Waals surface area contributed by atoms with E-state index < -0.39 is 0 Å². The number of aryl methyl sites for hydroxylation is 1. The molecule has 200 valence electrons. The Morgan fingerprint density at radius 3 is 2.40 bits per heavy atom. The number of carbonyl (C=O) groups is 1. The number of rotatable bonds is 9. The van der Waals surface area contributed by atoms with Crippen LogP contribution in [-0.4, -0.2) is 31.3 Å². The SMILES string of the molecule is COc1ccc(OCc2cc(C=NNC(=O)c3cc(-c4ccccc4C)nc4ccccc34)ccc2OC)cc1. The van der Waals surface area contributed by atoms with Gasteiger partial charge in [0.15, 0.2) is 0 Å². The quantitative estimate of drug-likeness (QED) is 0.172. The highest BCUT2D eigenvalue weighted by molar-refractivity contribution is 6.07. The first-order valence-corrected chi connectivity index (χ1v) is 12.8. The molecule has 1 N–H and O–H groups in total. The number of benzene rings is 4. The van der Waals surface area contributed by atoms with E-state index in [4.69, 9.17) is 19.2 Å². The van der Waals surface area contributed by atoms with Crippen molar-refractivity contribution in [2.75, 3.05) is 14.2 Å². The number of amides is 1. The van der Waals surface area contributed by atoms with Crippen LogP contribution < -0.4 is 19.6 Å². The fourth-order valence-electron chi connectivity index (χ4n) is 4.41. The number of methoxy groups -OCH3 is 2. The Morgan fingerprint density at radius 1 is 0.875 bits per heavy atom. The van der Waals surface area contributed by atoms with Crippen LogP contribution in [0.25, 0.3) is 22.2 Å². The predicted molar refractivity (Wildman–Crippen MR) is 157 cm³/mol. The summed E-state index contributed by atoms with van der Waals surface area (Å²) in [7, 11) is 3.24. The fourth-order valence-corrected chi connectivity index (χ4v) is 4.41. The molecule has 7 heteroatoms. The van der Waals surface area contributed by atoms with Gasteiger partial charge in [-0.1, -0.05) is 42.5 Å². The van der Waals surface area contributed by atoms with Crippen LogP contribution in [0.1, 0.15) is 27.0 Å². The molecule has 0 unspecified atom stereocenters. The second kappa shape index (κ2) is 12.1. The topological polar surface area (TPSA) is 82.0 Å². The zero-order chi connectivity index (χ0) is 27.9. The normalized spacial score (nSPS) is 11.0. The molecule has 0 atom stereocenters. The molecular weight excluding hydrogens is 502 g/mol. The fraction of sp³-hybridized carbons (Fsp3) is 0.121. The molecule has 5 aromatic rings. The molecule has 0 radical (unpaired) electrons. The van der Waals surface area contributed by atoms with E-state index >= 15 is 0 Å². The first kappa shape index (κ1) is 26.4. The molecule has 0 aliphatic rings. The summed E-state index contributed by atoms with van der Waals surface area (Å²) >= 11 is 0. The van der Waals surface area contributed by atoms with Gasteiger partial charge in [-0.05, 0) is 72.6 Å². The van der Waals surface area contributed by atoms with Crippen molar-refractivity contribution in [3.05, 3.63) is 119 Å². The van der Waals surface area contributed by atoms with Gasteiger partial charge in [0.05, 0.1) is 37.2 Å². The number of ether oxygens (including phenoxy) is 3. The minimum atomic E-state index is -0.318. The first-order chi connectivity index (χ1) is 19.6. The molecule has 1 amide bonds. The summed E-state index contributed by atoms with van der Waals surface area (Å²) in [6.07, 6.45) is 1.60. The number of hydrogen-bond acceptors (Lipinski definition) is 6. The van der Waals surface area contributed by atoms with Crippen molar-refractivity contribution in [3.63, 3.8) is 0 Å². The van der Waals surface area contributed by atoms with E-state index in [1.165, 1.54) is 0 Å². The van der Waals surface area contributed by atoms with Crippen molar-refractivity contribution in [1.29, 1.82) is 0 Å². The van der Waals surface area contributed by atoms with Crippen LogP contribution in [0, 0.1) is 6.92 Å². The Morgan fingerprint density at radius 2 is 1.62 bits per heavy atom. The molecule has 1 heterocycles. The van der Waals surface area contributed by atoms with Gasteiger partial charge in [-0.15, -0.1) is 0 Å². The van der Waals surface area contributed by atoms with E-state index in [-0.39, 0.29) is 5.91 Å². The Labute approximate surface area is 233 Å². The number of pyridine rings is 1. The minimum absolute atomic E-state index is 0.300. The van der Waals surface area contributed by atoms with Crippen molar-refractivity contribution < 1.29 is 19.0 Å². The van der Waals surface area contributed by atoms with Gasteiger partial charge in [0, 0.05) is 16.5 Å². The Kier molecular flexibility index (Phi) is 8.02. The zero-order valence-corrected chi connectivity index (χ0v) is 22.5. The summed E-state index contributed by atoms with van der Waals surface area (Å²) in [5, 5.41) is 5.00. The highest BCUT2D eigenvalue weighted by Crippen LogP contribution is 2.27. The van der Waals surface area contributed by atoms with Crippen LogP contribution in [0.5, 0.6) is 17.2 Å². The lowest BCUT2D eigenvalue weighted by Gasteiger charge is -2.12. The maximum absolute atomic E-state index is 13.3. The van der Waals surface area contributed by atoms with E-state index in [1.54, 1.807) is 20.4 Å². The number of aromatic nitrogens is 1. The second-order valence-corrected chi connectivity index (χ2v) is 9.12. The lowest BCUT2D eigenvalue weighted by Crippen LogP contribution is -2.18. The molecular formula is C33H29N3O4. The van der Waals surface area contributed by atoms with E-state index in [2.05, 4.69) is 10.5 Å². The Bertz CT molecular complexity index is 1680. The van der Waals surface area contributed by atoms with Gasteiger partial charge in [0.2, 0.25) is 0 Å². The summed E-state index contributed by atoms with van der Waals surface area (Å²) in [6.45, 7) is 2.33. The van der Waals surface area contributed by atoms with Crippen molar-refractivity contribution >= 4 is 23.0 Å². The van der Waals surface area contributed by atoms with Crippen LogP contribution >= 0.6 is 0 Å². The van der Waals surface area contributed by atoms with Crippen molar-refractivity contribution in [1.82, 2.24) is 10.4 Å². The van der Waals surface area contributed by atoms with Gasteiger partial charge < -0.3 is 14.2 Å². The maximum atomic E-state index is 13.3. The van der Waals surface area contributed by atoms with Gasteiger partial charge in [-0.25, -0.2) is 10.4 Å². The maximum Gasteiger partial charge on any atom is 0.272 e. The number of carbonyl (C=O) groups excluding carboxylic acids is 1. The van der Waals surface area contributed by atoms with E-state index in [1.807, 2.05) is 104 Å². The van der Waals surface area contributed by atoms with Crippen molar-refractivity contribution in [2.45, 2.75) is 13.5 Å². The minimum Gasteiger partial charge on any atom is -0.497 e. The molecule has 0 spiro atoms. The number of hydrazone groups is 1. The van der Waals surface area contributed by atoms with Crippen LogP contribution in [0.2, 0.25) is 0 Å². The molecule has 0 bridgehead atoms. The van der Waals surface area contributed by atoms with Crippen molar-refractivity contribution in [3.8, 4) is 28.5 Å². The predicted octanol–water partition coefficient (Wildman–Crippen LogP) is 6.57. The van der Waals surface area contributed by atoms with Gasteiger partial charge in [-0.3, -0.25) is 4.79 Å². The molecule has 5 rings (SSSR count). The van der Waals surface area contributed by atoms with Crippen molar-refractivity contribution in [2.24, 2.45) is 5.10 Å². The molecule has 4 aromatic carbocycles. The molecule has 0 fully saturated rings. The summed E-state index contributed by atoms with van der Waals surface area (Å²) in [4.78, 5) is 18.1. The van der Waals surface area contributed by atoms with Gasteiger partial charge in [0.1, 0.15) is 23.9 Å². The van der Waals surface area contributed by atoms with Gasteiger partial charge >= 0.3 is 0 Å². The van der Waals surface area contributed by atoms with Crippen LogP contribution in [0.3, 0.4) is 0 Å². The molecule has 0 saturated heterocycles. The summed E-state index contributed by atoms with van der Waals surface area (Å²) in [5.41, 5.74) is 8.36. The lowest BCUT2D eigenvalue weighted by atomic mass is 10.0. The van der Waals surface area contributed by atoms with Crippen LogP contribution in [0.15, 0.2) is 102 Å². The zero-order valence-electron chi connectivity index (χ0n) is 22.5. The lowest BCUT2D eigenvalue weighted by molar-refractivity contribution is 0.0956. The summed E-state index contributed by atoms with van der Waals surface area (Å²) in [5.74, 6) is 1.85. The second-order valence-electron chi connectivity index (χ2n) is 9.12. The van der Waals surface area contributed by atoms with Gasteiger partial charge in [0.25, 0.3) is 5.91 Å². The largest absolute Gasteiger partial charge is 0.497 e. The third-order valence-corrected chi connectivity index (χ3v) is 6.52. The standard InChI is InChI=1S/C33H29N3O4/c1-22-8-4-5-9-27(22)31-19-29(28-10-6-7-11-30(28)35-31)33(37)36-34-20-23-12-17-32(39-3)24(18-23)21-40-26-15-13-25(38-2)14-16-26/h4-20H,21H2,1-3H3,(H,36,37). The third-order valence-electron chi connectivity index (χ3n) is 6.52. The van der Waals surface area contributed by atoms with E-state index in [0.717, 1.165) is 44.6 Å². The third kappa shape index (κ3) is 5.94. The molecule has 1 aromatic heterocycles. The number of para-hydroxylation sites is 1. The van der Waals surface area contributed by atoms with E-state index in [0.29, 0.717) is 23.7 Å². The van der Waals surface area contributed by atoms with Crippen LogP contribution in [-0.2, 0) is 6.61 Å². The van der Waals surface area contributed by atoms with E-state index in [9.17, 15) is 4.79 Å². The molecule has 0 aliphatic carbocycles. The van der Waals surface area contributed by atoms with Crippen LogP contribution in [0.4, 0.5) is 0 Å².